The largest absolute Gasteiger partial charge is 0.496 e. The van der Waals surface area contributed by atoms with Crippen LogP contribution in [0.15, 0.2) is 24.7 Å². The summed E-state index contributed by atoms with van der Waals surface area (Å²) in [6, 6.07) is 0. The summed E-state index contributed by atoms with van der Waals surface area (Å²) in [7, 11) is 0. The van der Waals surface area contributed by atoms with Crippen LogP contribution in [-0.2, 0) is 19.0 Å². The Balaban J connectivity index is 3.28. The average Bonchev–Trinajstić information content (AvgIpc) is 2.26. The summed E-state index contributed by atoms with van der Waals surface area (Å²) in [5.74, 6) is -0.459. The first-order valence-electron chi connectivity index (χ1n) is 5.39. The van der Waals surface area contributed by atoms with Gasteiger partial charge in [0, 0.05) is 12.2 Å². The van der Waals surface area contributed by atoms with E-state index in [0.717, 1.165) is 19.4 Å². The molecule has 0 fully saturated rings. The molecule has 0 aliphatic carbocycles. The van der Waals surface area contributed by atoms with E-state index in [2.05, 4.69) is 18.2 Å². The smallest absolute Gasteiger partial charge is 0.338 e. The molecule has 0 aromatic heterocycles. The summed E-state index contributed by atoms with van der Waals surface area (Å²) in [5.41, 5.74) is 0.354. The van der Waals surface area contributed by atoms with E-state index in [9.17, 15) is 4.79 Å². The molecule has 0 unspecified atom stereocenters. The van der Waals surface area contributed by atoms with Crippen molar-refractivity contribution in [3.05, 3.63) is 24.7 Å². The van der Waals surface area contributed by atoms with Crippen molar-refractivity contribution in [1.82, 2.24) is 0 Å². The second-order valence-electron chi connectivity index (χ2n) is 3.29. The quantitative estimate of drug-likeness (QED) is 0.263. The van der Waals surface area contributed by atoms with Gasteiger partial charge in [0.1, 0.15) is 19.1 Å². The van der Waals surface area contributed by atoms with E-state index >= 15 is 0 Å². The van der Waals surface area contributed by atoms with Gasteiger partial charge >= 0.3 is 5.97 Å². The molecule has 0 N–H and O–H groups in total. The number of hydrogen-bond acceptors (Lipinski definition) is 4. The third-order valence-electron chi connectivity index (χ3n) is 1.66. The Kier molecular flexibility index (Phi) is 9.41. The van der Waals surface area contributed by atoms with Crippen LogP contribution in [0.5, 0.6) is 0 Å². The van der Waals surface area contributed by atoms with Gasteiger partial charge in [0.15, 0.2) is 0 Å². The van der Waals surface area contributed by atoms with E-state index in [1.807, 2.05) is 0 Å². The van der Waals surface area contributed by atoms with Gasteiger partial charge in [-0.05, 0) is 13.3 Å². The molecule has 0 rings (SSSR count). The Morgan fingerprint density at radius 3 is 2.62 bits per heavy atom. The highest BCUT2D eigenvalue weighted by Gasteiger charge is 1.98. The number of ether oxygens (including phenoxy) is 3. The van der Waals surface area contributed by atoms with Crippen LogP contribution in [0.4, 0.5) is 0 Å². The van der Waals surface area contributed by atoms with Gasteiger partial charge < -0.3 is 14.2 Å². The van der Waals surface area contributed by atoms with Gasteiger partial charge in [0.05, 0.1) is 6.61 Å². The summed E-state index contributed by atoms with van der Waals surface area (Å²) < 4.78 is 15.0. The van der Waals surface area contributed by atoms with Crippen molar-refractivity contribution in [2.24, 2.45) is 0 Å². The molecular formula is C12H20O4. The van der Waals surface area contributed by atoms with Gasteiger partial charge in [-0.1, -0.05) is 19.9 Å². The van der Waals surface area contributed by atoms with Crippen molar-refractivity contribution >= 4 is 5.97 Å². The average molecular weight is 228 g/mol. The first kappa shape index (κ1) is 14.7. The molecule has 0 atom stereocenters. The SMILES string of the molecule is C=C(C)C(=O)O/C=C/OCCOCCCC. The summed E-state index contributed by atoms with van der Waals surface area (Å²) in [5, 5.41) is 0. The summed E-state index contributed by atoms with van der Waals surface area (Å²) >= 11 is 0. The summed E-state index contributed by atoms with van der Waals surface area (Å²) in [6.07, 6.45) is 4.71. The van der Waals surface area contributed by atoms with Crippen LogP contribution in [0.3, 0.4) is 0 Å². The maximum atomic E-state index is 10.9. The lowest BCUT2D eigenvalue weighted by molar-refractivity contribution is -0.133. The Bertz CT molecular complexity index is 233. The third-order valence-corrected chi connectivity index (χ3v) is 1.66. The fourth-order valence-electron chi connectivity index (χ4n) is 0.753. The van der Waals surface area contributed by atoms with Crippen molar-refractivity contribution < 1.29 is 19.0 Å². The molecule has 0 radical (unpaired) electrons. The second kappa shape index (κ2) is 10.2. The molecule has 0 spiro atoms. The molecule has 92 valence electrons. The Morgan fingerprint density at radius 1 is 1.25 bits per heavy atom. The minimum atomic E-state index is -0.459. The van der Waals surface area contributed by atoms with Crippen molar-refractivity contribution in [1.29, 1.82) is 0 Å². The first-order valence-corrected chi connectivity index (χ1v) is 5.39. The van der Waals surface area contributed by atoms with E-state index in [0.29, 0.717) is 18.8 Å². The predicted molar refractivity (Wildman–Crippen MR) is 61.7 cm³/mol. The van der Waals surface area contributed by atoms with E-state index in [1.54, 1.807) is 6.92 Å². The number of esters is 1. The molecule has 0 aliphatic rings. The highest BCUT2D eigenvalue weighted by atomic mass is 16.5. The Labute approximate surface area is 96.9 Å². The first-order chi connectivity index (χ1) is 7.68. The minimum Gasteiger partial charge on any atom is -0.496 e. The maximum absolute atomic E-state index is 10.9. The number of rotatable bonds is 9. The molecule has 0 aliphatic heterocycles. The molecule has 4 heteroatoms. The van der Waals surface area contributed by atoms with E-state index in [4.69, 9.17) is 9.47 Å². The molecule has 4 nitrogen and oxygen atoms in total. The highest BCUT2D eigenvalue weighted by Crippen LogP contribution is 1.93. The van der Waals surface area contributed by atoms with Crippen LogP contribution in [0.2, 0.25) is 0 Å². The van der Waals surface area contributed by atoms with E-state index in [-0.39, 0.29) is 0 Å². The number of carbonyl (C=O) groups is 1. The molecule has 0 aromatic rings. The molecule has 0 amide bonds. The maximum Gasteiger partial charge on any atom is 0.338 e. The lowest BCUT2D eigenvalue weighted by Gasteiger charge is -2.02. The predicted octanol–water partition coefficient (Wildman–Crippen LogP) is 2.41. The number of unbranched alkanes of at least 4 members (excludes halogenated alkanes) is 1. The van der Waals surface area contributed by atoms with Crippen molar-refractivity contribution in [2.75, 3.05) is 19.8 Å². The van der Waals surface area contributed by atoms with Crippen LogP contribution < -0.4 is 0 Å². The van der Waals surface area contributed by atoms with Gasteiger partial charge in [-0.25, -0.2) is 4.79 Å². The van der Waals surface area contributed by atoms with Crippen molar-refractivity contribution in [2.45, 2.75) is 26.7 Å². The van der Waals surface area contributed by atoms with Crippen LogP contribution in [0, 0.1) is 0 Å². The monoisotopic (exact) mass is 228 g/mol. The molecule has 16 heavy (non-hydrogen) atoms. The zero-order chi connectivity index (χ0) is 12.2. The highest BCUT2D eigenvalue weighted by molar-refractivity contribution is 5.87. The normalized spacial score (nSPS) is 10.4. The molecule has 0 aromatic carbocycles. The zero-order valence-corrected chi connectivity index (χ0v) is 10.0. The topological polar surface area (TPSA) is 44.8 Å². The Morgan fingerprint density at radius 2 is 2.00 bits per heavy atom. The second-order valence-corrected chi connectivity index (χ2v) is 3.29. The number of hydrogen-bond donors (Lipinski definition) is 0. The van der Waals surface area contributed by atoms with Gasteiger partial charge in [-0.3, -0.25) is 0 Å². The fourth-order valence-corrected chi connectivity index (χ4v) is 0.753. The van der Waals surface area contributed by atoms with Gasteiger partial charge in [0.2, 0.25) is 0 Å². The van der Waals surface area contributed by atoms with Crippen LogP contribution in [0.25, 0.3) is 0 Å². The minimum absolute atomic E-state index is 0.354. The zero-order valence-electron chi connectivity index (χ0n) is 10.0. The summed E-state index contributed by atoms with van der Waals surface area (Å²) in [4.78, 5) is 10.9. The van der Waals surface area contributed by atoms with Crippen LogP contribution in [0.1, 0.15) is 26.7 Å². The third kappa shape index (κ3) is 9.27. The van der Waals surface area contributed by atoms with E-state index in [1.165, 1.54) is 12.5 Å². The van der Waals surface area contributed by atoms with Gasteiger partial charge in [-0.2, -0.15) is 0 Å². The number of carbonyl (C=O) groups excluding carboxylic acids is 1. The van der Waals surface area contributed by atoms with Crippen molar-refractivity contribution in [3.8, 4) is 0 Å². The van der Waals surface area contributed by atoms with Crippen molar-refractivity contribution in [3.63, 3.8) is 0 Å². The molecule has 0 saturated carbocycles. The van der Waals surface area contributed by atoms with Gasteiger partial charge in [-0.15, -0.1) is 0 Å². The fraction of sp³-hybridized carbons (Fsp3) is 0.583. The lowest BCUT2D eigenvalue weighted by atomic mass is 10.4. The van der Waals surface area contributed by atoms with Gasteiger partial charge in [0.25, 0.3) is 0 Å². The lowest BCUT2D eigenvalue weighted by Crippen LogP contribution is -2.03. The molecule has 0 bridgehead atoms. The molecule has 0 heterocycles. The van der Waals surface area contributed by atoms with E-state index < -0.39 is 5.97 Å². The van der Waals surface area contributed by atoms with Crippen LogP contribution in [-0.4, -0.2) is 25.8 Å². The van der Waals surface area contributed by atoms with Crippen LogP contribution >= 0.6 is 0 Å². The standard InChI is InChI=1S/C12H20O4/c1-4-5-6-14-7-8-15-9-10-16-12(13)11(2)3/h9-10H,2,4-8H2,1,3H3/b10-9+. The summed E-state index contributed by atoms with van der Waals surface area (Å²) in [6.45, 7) is 8.88. The Hall–Kier alpha value is -1.29. The molecule has 0 saturated heterocycles. The molecular weight excluding hydrogens is 208 g/mol.